The van der Waals surface area contributed by atoms with Gasteiger partial charge in [-0.1, -0.05) is 23.7 Å². The Hall–Kier alpha value is -3.38. The third-order valence-electron chi connectivity index (χ3n) is 5.39. The maximum absolute atomic E-state index is 14.5. The second-order valence-corrected chi connectivity index (χ2v) is 8.35. The summed E-state index contributed by atoms with van der Waals surface area (Å²) in [5.41, 5.74) is 3.66. The summed E-state index contributed by atoms with van der Waals surface area (Å²) in [5, 5.41) is 0.321. The first kappa shape index (κ1) is 21.8. The highest BCUT2D eigenvalue weighted by atomic mass is 35.5. The van der Waals surface area contributed by atoms with Gasteiger partial charge < -0.3 is 13.9 Å². The normalized spacial score (nSPS) is 12.1. The second kappa shape index (κ2) is 8.63. The van der Waals surface area contributed by atoms with Gasteiger partial charge in [0.05, 0.1) is 23.1 Å². The van der Waals surface area contributed by atoms with Crippen molar-refractivity contribution in [2.75, 3.05) is 0 Å². The molecule has 0 saturated carbocycles. The molecule has 0 aliphatic rings. The first-order valence-corrected chi connectivity index (χ1v) is 10.6. The van der Waals surface area contributed by atoms with E-state index in [0.29, 0.717) is 16.3 Å². The number of rotatable bonds is 5. The summed E-state index contributed by atoms with van der Waals surface area (Å²) in [6.07, 6.45) is 5.18. The lowest BCUT2D eigenvalue weighted by molar-refractivity contribution is 0.458. The molecule has 32 heavy (non-hydrogen) atoms. The Morgan fingerprint density at radius 1 is 1.06 bits per heavy atom. The zero-order valence-electron chi connectivity index (χ0n) is 18.3. The molecule has 1 atom stereocenters. The van der Waals surface area contributed by atoms with E-state index in [1.807, 2.05) is 49.7 Å². The molecule has 2 heterocycles. The fraction of sp³-hybridized carbons (Fsp3) is 0.200. The Labute approximate surface area is 190 Å². The number of nitrogens with zero attached hydrogens (tertiary/aromatic N) is 3. The zero-order chi connectivity index (χ0) is 23.0. The van der Waals surface area contributed by atoms with Crippen molar-refractivity contribution in [3.63, 3.8) is 0 Å². The monoisotopic (exact) mass is 451 g/mol. The highest BCUT2D eigenvalue weighted by Crippen LogP contribution is 2.27. The van der Waals surface area contributed by atoms with Gasteiger partial charge in [0, 0.05) is 29.7 Å². The summed E-state index contributed by atoms with van der Waals surface area (Å²) in [6, 6.07) is 11.4. The van der Waals surface area contributed by atoms with E-state index in [1.165, 1.54) is 22.9 Å². The summed E-state index contributed by atoms with van der Waals surface area (Å²) in [7, 11) is 0. The van der Waals surface area contributed by atoms with Crippen LogP contribution in [0.4, 0.5) is 4.39 Å². The van der Waals surface area contributed by atoms with Crippen LogP contribution >= 0.6 is 11.6 Å². The number of pyridine rings is 1. The molecule has 4 aromatic rings. The number of imidazole rings is 1. The molecular formula is C25H23ClFN3O2. The van der Waals surface area contributed by atoms with Gasteiger partial charge in [-0.3, -0.25) is 4.79 Å². The van der Waals surface area contributed by atoms with Gasteiger partial charge in [0.15, 0.2) is 5.75 Å². The molecule has 7 heteroatoms. The van der Waals surface area contributed by atoms with Gasteiger partial charge in [-0.25, -0.2) is 9.37 Å². The van der Waals surface area contributed by atoms with Crippen LogP contribution < -0.4 is 10.3 Å². The first-order valence-electron chi connectivity index (χ1n) is 10.2. The van der Waals surface area contributed by atoms with E-state index in [0.717, 1.165) is 22.5 Å². The minimum atomic E-state index is -0.558. The van der Waals surface area contributed by atoms with Crippen LogP contribution in [0.1, 0.15) is 35.3 Å². The Balaban J connectivity index is 1.67. The number of aryl methyl sites for hydroxylation is 3. The Bertz CT molecular complexity index is 1360. The predicted molar refractivity (Wildman–Crippen MR) is 124 cm³/mol. The number of hydrogen-bond acceptors (Lipinski definition) is 3. The Kier molecular flexibility index (Phi) is 5.89. The Morgan fingerprint density at radius 3 is 2.50 bits per heavy atom. The standard InChI is InChI=1S/C25H23ClFN3O2/c1-15-5-7-21(22(27)9-15)18(4)30-13-19(26)11-24(25(30)31)32-20-6-8-23(16(2)10-20)29-12-17(3)28-14-29/h5-14,18H,1-4H3/t18-/m0/s1. The predicted octanol–water partition coefficient (Wildman–Crippen LogP) is 6.15. The summed E-state index contributed by atoms with van der Waals surface area (Å²) in [5.74, 6) is 0.207. The van der Waals surface area contributed by atoms with Crippen LogP contribution in [0.15, 0.2) is 66.0 Å². The maximum atomic E-state index is 14.5. The van der Waals surface area contributed by atoms with E-state index < -0.39 is 11.6 Å². The summed E-state index contributed by atoms with van der Waals surface area (Å²) < 4.78 is 23.7. The molecule has 5 nitrogen and oxygen atoms in total. The largest absolute Gasteiger partial charge is 0.451 e. The van der Waals surface area contributed by atoms with Crippen molar-refractivity contribution in [2.45, 2.75) is 33.7 Å². The van der Waals surface area contributed by atoms with Crippen molar-refractivity contribution in [2.24, 2.45) is 0 Å². The molecule has 0 aliphatic heterocycles. The number of aromatic nitrogens is 3. The van der Waals surface area contributed by atoms with Crippen LogP contribution in [0.2, 0.25) is 5.02 Å². The van der Waals surface area contributed by atoms with E-state index in [2.05, 4.69) is 4.98 Å². The van der Waals surface area contributed by atoms with Crippen LogP contribution in [0, 0.1) is 26.6 Å². The first-order chi connectivity index (χ1) is 15.2. The van der Waals surface area contributed by atoms with Gasteiger partial charge >= 0.3 is 0 Å². The topological polar surface area (TPSA) is 49.0 Å². The maximum Gasteiger partial charge on any atom is 0.294 e. The van der Waals surface area contributed by atoms with E-state index >= 15 is 0 Å². The molecule has 0 spiro atoms. The molecule has 0 saturated heterocycles. The molecule has 0 radical (unpaired) electrons. The lowest BCUT2D eigenvalue weighted by Crippen LogP contribution is -2.25. The minimum absolute atomic E-state index is 0.0718. The molecule has 2 aromatic heterocycles. The molecule has 0 bridgehead atoms. The summed E-state index contributed by atoms with van der Waals surface area (Å²) in [4.78, 5) is 17.4. The summed E-state index contributed by atoms with van der Waals surface area (Å²) >= 11 is 6.28. The number of benzene rings is 2. The third-order valence-corrected chi connectivity index (χ3v) is 5.59. The summed E-state index contributed by atoms with van der Waals surface area (Å²) in [6.45, 7) is 7.45. The Morgan fingerprint density at radius 2 is 1.84 bits per heavy atom. The van der Waals surface area contributed by atoms with Gasteiger partial charge in [0.25, 0.3) is 5.56 Å². The van der Waals surface area contributed by atoms with Crippen molar-refractivity contribution < 1.29 is 9.13 Å². The van der Waals surface area contributed by atoms with Gasteiger partial charge in [-0.2, -0.15) is 0 Å². The van der Waals surface area contributed by atoms with Gasteiger partial charge in [0.2, 0.25) is 0 Å². The van der Waals surface area contributed by atoms with Crippen LogP contribution in [0.5, 0.6) is 11.5 Å². The molecule has 2 aromatic carbocycles. The van der Waals surface area contributed by atoms with Crippen LogP contribution in [-0.4, -0.2) is 14.1 Å². The van der Waals surface area contributed by atoms with E-state index in [1.54, 1.807) is 25.4 Å². The SMILES string of the molecule is Cc1ccc([C@H](C)n2cc(Cl)cc(Oc3ccc(-n4cnc(C)c4)c(C)c3)c2=O)c(F)c1. The second-order valence-electron chi connectivity index (χ2n) is 7.91. The van der Waals surface area contributed by atoms with Crippen molar-refractivity contribution in [1.29, 1.82) is 0 Å². The van der Waals surface area contributed by atoms with Gasteiger partial charge in [0.1, 0.15) is 11.6 Å². The minimum Gasteiger partial charge on any atom is -0.451 e. The van der Waals surface area contributed by atoms with E-state index in [-0.39, 0.29) is 11.6 Å². The van der Waals surface area contributed by atoms with Crippen LogP contribution in [0.3, 0.4) is 0 Å². The number of halogens is 2. The van der Waals surface area contributed by atoms with Crippen molar-refractivity contribution in [3.05, 3.63) is 105 Å². The van der Waals surface area contributed by atoms with Gasteiger partial charge in [-0.15, -0.1) is 0 Å². The average molecular weight is 452 g/mol. The number of hydrogen-bond donors (Lipinski definition) is 0. The van der Waals surface area contributed by atoms with E-state index in [4.69, 9.17) is 16.3 Å². The average Bonchev–Trinajstić information content (AvgIpc) is 3.16. The molecule has 0 unspecified atom stereocenters. The van der Waals surface area contributed by atoms with Crippen LogP contribution in [0.25, 0.3) is 5.69 Å². The highest BCUT2D eigenvalue weighted by molar-refractivity contribution is 6.30. The molecular weight excluding hydrogens is 429 g/mol. The highest BCUT2D eigenvalue weighted by Gasteiger charge is 2.18. The third kappa shape index (κ3) is 4.32. The fourth-order valence-electron chi connectivity index (χ4n) is 3.69. The number of ether oxygens (including phenoxy) is 1. The lowest BCUT2D eigenvalue weighted by atomic mass is 10.1. The quantitative estimate of drug-likeness (QED) is 0.365. The van der Waals surface area contributed by atoms with E-state index in [9.17, 15) is 9.18 Å². The lowest BCUT2D eigenvalue weighted by Gasteiger charge is -2.18. The van der Waals surface area contributed by atoms with Gasteiger partial charge in [-0.05, 0) is 63.1 Å². The van der Waals surface area contributed by atoms with Crippen molar-refractivity contribution in [1.82, 2.24) is 14.1 Å². The van der Waals surface area contributed by atoms with Crippen molar-refractivity contribution >= 4 is 11.6 Å². The fourth-order valence-corrected chi connectivity index (χ4v) is 3.89. The molecule has 0 amide bonds. The molecule has 4 rings (SSSR count). The molecule has 164 valence electrons. The molecule has 0 N–H and O–H groups in total. The van der Waals surface area contributed by atoms with Crippen molar-refractivity contribution in [3.8, 4) is 17.2 Å². The van der Waals surface area contributed by atoms with Crippen LogP contribution in [-0.2, 0) is 0 Å². The smallest absolute Gasteiger partial charge is 0.294 e. The zero-order valence-corrected chi connectivity index (χ0v) is 19.0. The molecule has 0 fully saturated rings. The molecule has 0 aliphatic carbocycles.